The maximum absolute atomic E-state index is 10.8. The molecule has 0 fully saturated rings. The molecule has 20 heavy (non-hydrogen) atoms. The van der Waals surface area contributed by atoms with Gasteiger partial charge in [-0.25, -0.2) is 9.68 Å². The topological polar surface area (TPSA) is 63.2 Å². The Morgan fingerprint density at radius 3 is 2.10 bits per heavy atom. The molecule has 0 aliphatic heterocycles. The van der Waals surface area contributed by atoms with E-state index in [0.29, 0.717) is 6.61 Å². The van der Waals surface area contributed by atoms with Crippen LogP contribution in [0.5, 0.6) is 0 Å². The van der Waals surface area contributed by atoms with Gasteiger partial charge in [-0.1, -0.05) is 58.4 Å². The minimum absolute atomic E-state index is 0.188. The third-order valence-electron chi connectivity index (χ3n) is 2.64. The van der Waals surface area contributed by atoms with Gasteiger partial charge in [0, 0.05) is 15.6 Å². The monoisotopic (exact) mass is 290 g/mol. The Morgan fingerprint density at radius 2 is 1.50 bits per heavy atom. The van der Waals surface area contributed by atoms with Crippen molar-refractivity contribution in [3.63, 3.8) is 0 Å². The van der Waals surface area contributed by atoms with Crippen LogP contribution in [-0.2, 0) is 29.7 Å². The second kappa shape index (κ2) is 14.5. The summed E-state index contributed by atoms with van der Waals surface area (Å²) in [4.78, 5) is 19.6. The maximum Gasteiger partial charge on any atom is 0.371 e. The Labute approximate surface area is 120 Å². The highest BCUT2D eigenvalue weighted by molar-refractivity contribution is 5.86. The largest absolute Gasteiger partial charge is 0.371 e. The lowest BCUT2D eigenvalue weighted by Gasteiger charge is -2.02. The van der Waals surface area contributed by atoms with E-state index in [4.69, 9.17) is 0 Å². The average Bonchev–Trinajstić information content (AvgIpc) is 2.43. The number of hydrogen-bond acceptors (Lipinski definition) is 6. The molecule has 0 rings (SSSR count). The van der Waals surface area contributed by atoms with E-state index in [9.17, 15) is 4.79 Å². The number of carbonyl (C=O) groups is 1. The van der Waals surface area contributed by atoms with E-state index in [0.717, 1.165) is 12.8 Å². The fourth-order valence-corrected chi connectivity index (χ4v) is 1.48. The molecule has 0 unspecified atom stereocenters. The fraction of sp³-hybridized carbons (Fsp3) is 0.786. The minimum atomic E-state index is -0.739. The van der Waals surface area contributed by atoms with Crippen molar-refractivity contribution in [1.29, 1.82) is 0 Å². The normalized spacial score (nSPS) is 10.5. The Kier molecular flexibility index (Phi) is 13.8. The molecule has 118 valence electrons. The van der Waals surface area contributed by atoms with E-state index in [1.807, 2.05) is 0 Å². The minimum Gasteiger partial charge on any atom is -0.261 e. The molecule has 0 N–H and O–H groups in total. The third-order valence-corrected chi connectivity index (χ3v) is 2.64. The number of hydrogen-bond donors (Lipinski definition) is 0. The van der Waals surface area contributed by atoms with E-state index < -0.39 is 5.97 Å². The van der Waals surface area contributed by atoms with Gasteiger partial charge in [0.2, 0.25) is 0 Å². The summed E-state index contributed by atoms with van der Waals surface area (Å²) in [7, 11) is 0. The predicted octanol–water partition coefficient (Wildman–Crippen LogP) is 3.97. The SMILES string of the molecule is C=C(C)C(=O)OOOOOCCCCCCCCCC. The lowest BCUT2D eigenvalue weighted by molar-refractivity contribution is -0.697. The summed E-state index contributed by atoms with van der Waals surface area (Å²) in [6.45, 7) is 7.44. The molecule has 0 aliphatic carbocycles. The quantitative estimate of drug-likeness (QED) is 0.209. The van der Waals surface area contributed by atoms with Crippen LogP contribution in [0.3, 0.4) is 0 Å². The van der Waals surface area contributed by atoms with Crippen molar-refractivity contribution in [2.75, 3.05) is 6.61 Å². The first-order valence-corrected chi connectivity index (χ1v) is 7.17. The molecule has 0 aromatic rings. The Hall–Kier alpha value is -0.950. The van der Waals surface area contributed by atoms with Gasteiger partial charge in [-0.15, -0.1) is 0 Å². The molecule has 0 radical (unpaired) electrons. The molecule has 0 aromatic carbocycles. The molecule has 0 saturated carbocycles. The lowest BCUT2D eigenvalue weighted by Crippen LogP contribution is -2.07. The van der Waals surface area contributed by atoms with Crippen LogP contribution in [-0.4, -0.2) is 12.6 Å². The first-order chi connectivity index (χ1) is 9.68. The molecule has 0 spiro atoms. The summed E-state index contributed by atoms with van der Waals surface area (Å²) in [5.74, 6) is -0.739. The molecule has 0 aliphatic rings. The van der Waals surface area contributed by atoms with Crippen LogP contribution < -0.4 is 0 Å². The third kappa shape index (κ3) is 13.5. The summed E-state index contributed by atoms with van der Waals surface area (Å²) >= 11 is 0. The van der Waals surface area contributed by atoms with Gasteiger partial charge < -0.3 is 0 Å². The number of carbonyl (C=O) groups excluding carboxylic acids is 1. The van der Waals surface area contributed by atoms with Crippen molar-refractivity contribution in [3.05, 3.63) is 12.2 Å². The van der Waals surface area contributed by atoms with Crippen LogP contribution in [0.2, 0.25) is 0 Å². The Morgan fingerprint density at radius 1 is 0.900 bits per heavy atom. The van der Waals surface area contributed by atoms with Crippen LogP contribution >= 0.6 is 0 Å². The number of unbranched alkanes of at least 4 members (excludes halogenated alkanes) is 7. The van der Waals surface area contributed by atoms with Crippen LogP contribution in [0, 0.1) is 0 Å². The standard InChI is InChI=1S/C14H26O6/c1-4-5-6-7-8-9-10-11-12-16-18-20-19-17-14(15)13(2)3/h2,4-12H2,1,3H3. The smallest absolute Gasteiger partial charge is 0.261 e. The predicted molar refractivity (Wildman–Crippen MR) is 72.7 cm³/mol. The van der Waals surface area contributed by atoms with Crippen LogP contribution in [0.15, 0.2) is 12.2 Å². The van der Waals surface area contributed by atoms with Gasteiger partial charge in [0.25, 0.3) is 0 Å². The van der Waals surface area contributed by atoms with E-state index in [-0.39, 0.29) is 5.57 Å². The summed E-state index contributed by atoms with van der Waals surface area (Å²) in [5.41, 5.74) is 0.188. The number of rotatable bonds is 14. The highest BCUT2D eigenvalue weighted by atomic mass is 17.8. The highest BCUT2D eigenvalue weighted by Crippen LogP contribution is 2.08. The van der Waals surface area contributed by atoms with Gasteiger partial charge in [0.05, 0.1) is 6.61 Å². The van der Waals surface area contributed by atoms with Crippen molar-refractivity contribution in [2.45, 2.75) is 65.2 Å². The molecule has 6 heteroatoms. The molecule has 6 nitrogen and oxygen atoms in total. The second-order valence-electron chi connectivity index (χ2n) is 4.65. The molecule has 0 bridgehead atoms. The summed E-state index contributed by atoms with van der Waals surface area (Å²) < 4.78 is 0. The summed E-state index contributed by atoms with van der Waals surface area (Å²) in [6.07, 6.45) is 9.64. The molecular formula is C14H26O6. The van der Waals surface area contributed by atoms with Crippen LogP contribution in [0.4, 0.5) is 0 Å². The van der Waals surface area contributed by atoms with E-state index in [1.165, 1.54) is 45.4 Å². The molecule has 0 heterocycles. The van der Waals surface area contributed by atoms with Crippen molar-refractivity contribution in [3.8, 4) is 0 Å². The maximum atomic E-state index is 10.8. The van der Waals surface area contributed by atoms with E-state index in [1.54, 1.807) is 0 Å². The van der Waals surface area contributed by atoms with Crippen LogP contribution in [0.1, 0.15) is 65.2 Å². The molecular weight excluding hydrogens is 264 g/mol. The second-order valence-corrected chi connectivity index (χ2v) is 4.65. The first kappa shape index (κ1) is 19.1. The lowest BCUT2D eigenvalue weighted by atomic mass is 10.1. The van der Waals surface area contributed by atoms with Crippen molar-refractivity contribution >= 4 is 5.97 Å². The summed E-state index contributed by atoms with van der Waals surface area (Å²) in [5, 5.41) is 12.2. The molecule has 0 aromatic heterocycles. The fourth-order valence-electron chi connectivity index (χ4n) is 1.48. The van der Waals surface area contributed by atoms with Gasteiger partial charge in [0.15, 0.2) is 0 Å². The first-order valence-electron chi connectivity index (χ1n) is 7.17. The van der Waals surface area contributed by atoms with E-state index in [2.05, 4.69) is 38.4 Å². The molecule has 0 saturated heterocycles. The van der Waals surface area contributed by atoms with Gasteiger partial charge in [0.1, 0.15) is 0 Å². The van der Waals surface area contributed by atoms with Crippen molar-refractivity contribution in [1.82, 2.24) is 0 Å². The van der Waals surface area contributed by atoms with Crippen molar-refractivity contribution in [2.24, 2.45) is 0 Å². The highest BCUT2D eigenvalue weighted by Gasteiger charge is 2.04. The average molecular weight is 290 g/mol. The Balaban J connectivity index is 3.06. The summed E-state index contributed by atoms with van der Waals surface area (Å²) in [6, 6.07) is 0. The van der Waals surface area contributed by atoms with E-state index >= 15 is 0 Å². The Bertz CT molecular complexity index is 254. The zero-order valence-electron chi connectivity index (χ0n) is 12.5. The van der Waals surface area contributed by atoms with Crippen LogP contribution in [0.25, 0.3) is 0 Å². The molecule has 0 atom stereocenters. The van der Waals surface area contributed by atoms with Gasteiger partial charge >= 0.3 is 5.97 Å². The molecule has 0 amide bonds. The van der Waals surface area contributed by atoms with Gasteiger partial charge in [-0.05, 0) is 18.4 Å². The zero-order valence-corrected chi connectivity index (χ0v) is 12.5. The van der Waals surface area contributed by atoms with Crippen molar-refractivity contribution < 1.29 is 29.7 Å². The van der Waals surface area contributed by atoms with Gasteiger partial charge in [-0.3, -0.25) is 4.89 Å². The zero-order chi connectivity index (χ0) is 15.1. The van der Waals surface area contributed by atoms with Gasteiger partial charge in [-0.2, -0.15) is 0 Å².